The van der Waals surface area contributed by atoms with Gasteiger partial charge in [0.15, 0.2) is 11.6 Å². The second-order valence-electron chi connectivity index (χ2n) is 6.21. The molecular weight excluding hydrogens is 379 g/mol. The van der Waals surface area contributed by atoms with Crippen molar-refractivity contribution in [1.29, 1.82) is 0 Å². The molecule has 0 atom stereocenters. The fourth-order valence-corrected chi connectivity index (χ4v) is 3.72. The van der Waals surface area contributed by atoms with Crippen molar-refractivity contribution in [1.82, 2.24) is 14.5 Å². The Morgan fingerprint density at radius 3 is 2.82 bits per heavy atom. The van der Waals surface area contributed by atoms with E-state index in [0.717, 1.165) is 20.8 Å². The molecule has 0 fully saturated rings. The molecule has 4 aromatic rings. The average molecular weight is 396 g/mol. The molecule has 0 saturated carbocycles. The zero-order chi connectivity index (χ0) is 19.7. The van der Waals surface area contributed by atoms with Crippen LogP contribution < -0.4 is 10.1 Å². The van der Waals surface area contributed by atoms with Crippen LogP contribution in [0.5, 0.6) is 11.5 Å². The number of carbonyl (C=O) groups is 1. The van der Waals surface area contributed by atoms with Crippen LogP contribution in [0.1, 0.15) is 13.3 Å². The quantitative estimate of drug-likeness (QED) is 0.517. The van der Waals surface area contributed by atoms with Gasteiger partial charge in [-0.05, 0) is 18.2 Å². The van der Waals surface area contributed by atoms with Gasteiger partial charge in [-0.15, -0.1) is 11.3 Å². The van der Waals surface area contributed by atoms with E-state index in [1.807, 2.05) is 23.9 Å². The van der Waals surface area contributed by atoms with Gasteiger partial charge in [-0.2, -0.15) is 0 Å². The first-order chi connectivity index (χ1) is 13.5. The zero-order valence-electron chi connectivity index (χ0n) is 15.3. The molecule has 1 amide bonds. The van der Waals surface area contributed by atoms with Crippen LogP contribution >= 0.6 is 11.3 Å². The van der Waals surface area contributed by atoms with Crippen LogP contribution in [0.2, 0.25) is 0 Å². The Bertz CT molecular complexity index is 1170. The van der Waals surface area contributed by atoms with Gasteiger partial charge < -0.3 is 14.6 Å². The van der Waals surface area contributed by atoms with Crippen LogP contribution in [0.4, 0.5) is 10.1 Å². The third kappa shape index (κ3) is 3.59. The number of amides is 1. The van der Waals surface area contributed by atoms with Crippen LogP contribution in [0.15, 0.2) is 49.1 Å². The maximum absolute atomic E-state index is 14.5. The summed E-state index contributed by atoms with van der Waals surface area (Å²) in [5.41, 5.74) is 2.00. The molecule has 1 N–H and O–H groups in total. The summed E-state index contributed by atoms with van der Waals surface area (Å²) in [5, 5.41) is 2.63. The molecule has 28 heavy (non-hydrogen) atoms. The second-order valence-corrected chi connectivity index (χ2v) is 7.26. The van der Waals surface area contributed by atoms with E-state index in [0.29, 0.717) is 17.9 Å². The van der Waals surface area contributed by atoms with Crippen LogP contribution in [0, 0.1) is 5.82 Å². The molecule has 0 spiro atoms. The highest BCUT2D eigenvalue weighted by atomic mass is 32.1. The van der Waals surface area contributed by atoms with E-state index in [-0.39, 0.29) is 11.7 Å². The van der Waals surface area contributed by atoms with Gasteiger partial charge in [0.2, 0.25) is 5.91 Å². The molecule has 0 aliphatic rings. The number of halogens is 1. The number of hydrogen-bond donors (Lipinski definition) is 1. The minimum atomic E-state index is -0.555. The topological polar surface area (TPSA) is 69.0 Å². The van der Waals surface area contributed by atoms with Crippen LogP contribution in [-0.4, -0.2) is 20.4 Å². The molecule has 0 unspecified atom stereocenters. The molecular formula is C20H17FN4O2S. The van der Waals surface area contributed by atoms with Crippen LogP contribution in [0.3, 0.4) is 0 Å². The maximum Gasteiger partial charge on any atom is 0.224 e. The highest BCUT2D eigenvalue weighted by molar-refractivity contribution is 7.22. The Labute approximate surface area is 164 Å². The highest BCUT2D eigenvalue weighted by Gasteiger charge is 2.14. The van der Waals surface area contributed by atoms with Gasteiger partial charge in [-0.3, -0.25) is 9.78 Å². The summed E-state index contributed by atoms with van der Waals surface area (Å²) < 4.78 is 23.0. The molecule has 0 radical (unpaired) electrons. The number of carbonyl (C=O) groups excluding carboxylic acids is 1. The normalized spacial score (nSPS) is 11.0. The number of nitrogens with one attached hydrogen (secondary N) is 1. The molecule has 8 heteroatoms. The number of hydrogen-bond acceptors (Lipinski definition) is 5. The number of anilines is 1. The summed E-state index contributed by atoms with van der Waals surface area (Å²) >= 11 is 1.49. The molecule has 0 aliphatic heterocycles. The first-order valence-electron chi connectivity index (χ1n) is 8.67. The Kier molecular flexibility index (Phi) is 4.79. The second kappa shape index (κ2) is 7.40. The smallest absolute Gasteiger partial charge is 0.224 e. The predicted molar refractivity (Wildman–Crippen MR) is 107 cm³/mol. The van der Waals surface area contributed by atoms with Crippen molar-refractivity contribution < 1.29 is 13.9 Å². The van der Waals surface area contributed by atoms with Gasteiger partial charge in [0, 0.05) is 43.7 Å². The standard InChI is InChI=1S/C20H17FN4O2S/c1-3-19(26)24-12-4-5-16(13(21)8-12)27-17-6-7-22-14-9-18(28-20(14)17)15-10-25(2)11-23-15/h4-11H,3H2,1-2H3,(H,24,26). The van der Waals surface area contributed by atoms with Crippen molar-refractivity contribution in [2.75, 3.05) is 5.32 Å². The third-order valence-electron chi connectivity index (χ3n) is 4.09. The molecule has 0 aliphatic carbocycles. The lowest BCUT2D eigenvalue weighted by atomic mass is 10.2. The number of nitrogens with zero attached hydrogens (tertiary/aromatic N) is 3. The number of fused-ring (bicyclic) bond motifs is 1. The van der Waals surface area contributed by atoms with Gasteiger partial charge in [0.05, 0.1) is 27.1 Å². The first-order valence-corrected chi connectivity index (χ1v) is 9.49. The average Bonchev–Trinajstić information content (AvgIpc) is 3.30. The molecule has 6 nitrogen and oxygen atoms in total. The number of imidazole rings is 1. The van der Waals surface area contributed by atoms with Gasteiger partial charge in [-0.25, -0.2) is 9.37 Å². The van der Waals surface area contributed by atoms with Gasteiger partial charge in [0.1, 0.15) is 5.75 Å². The van der Waals surface area contributed by atoms with E-state index in [1.165, 1.54) is 23.5 Å². The van der Waals surface area contributed by atoms with E-state index in [1.54, 1.807) is 31.6 Å². The lowest BCUT2D eigenvalue weighted by molar-refractivity contribution is -0.115. The van der Waals surface area contributed by atoms with Crippen LogP contribution in [0.25, 0.3) is 20.8 Å². The SMILES string of the molecule is CCC(=O)Nc1ccc(Oc2ccnc3cc(-c4cn(C)cn4)sc23)c(F)c1. The predicted octanol–water partition coefficient (Wildman–Crippen LogP) is 4.98. The summed E-state index contributed by atoms with van der Waals surface area (Å²) in [6, 6.07) is 8.00. The van der Waals surface area contributed by atoms with Crippen molar-refractivity contribution in [2.45, 2.75) is 13.3 Å². The molecule has 4 rings (SSSR count). The number of pyridine rings is 1. The lowest BCUT2D eigenvalue weighted by Gasteiger charge is -2.09. The minimum absolute atomic E-state index is 0.0785. The molecule has 3 heterocycles. The fourth-order valence-electron chi connectivity index (χ4n) is 2.69. The largest absolute Gasteiger partial charge is 0.453 e. The molecule has 1 aromatic carbocycles. The molecule has 0 saturated heterocycles. The molecule has 3 aromatic heterocycles. The number of aryl methyl sites for hydroxylation is 1. The minimum Gasteiger partial charge on any atom is -0.453 e. The Morgan fingerprint density at radius 2 is 2.11 bits per heavy atom. The van der Waals surface area contributed by atoms with Gasteiger partial charge in [0.25, 0.3) is 0 Å². The first kappa shape index (κ1) is 18.1. The van der Waals surface area contributed by atoms with Gasteiger partial charge in [-0.1, -0.05) is 6.92 Å². The number of thiophene rings is 1. The van der Waals surface area contributed by atoms with E-state index in [9.17, 15) is 9.18 Å². The van der Waals surface area contributed by atoms with Crippen molar-refractivity contribution in [3.8, 4) is 22.1 Å². The maximum atomic E-state index is 14.5. The van der Waals surface area contributed by atoms with Gasteiger partial charge >= 0.3 is 0 Å². The Balaban J connectivity index is 1.64. The van der Waals surface area contributed by atoms with E-state index in [4.69, 9.17) is 4.74 Å². The monoisotopic (exact) mass is 396 g/mol. The number of rotatable bonds is 5. The number of ether oxygens (including phenoxy) is 1. The van der Waals surface area contributed by atoms with E-state index in [2.05, 4.69) is 15.3 Å². The summed E-state index contributed by atoms with van der Waals surface area (Å²) in [4.78, 5) is 21.1. The Morgan fingerprint density at radius 1 is 1.25 bits per heavy atom. The summed E-state index contributed by atoms with van der Waals surface area (Å²) in [6.07, 6.45) is 5.61. The Hall–Kier alpha value is -3.26. The van der Waals surface area contributed by atoms with Crippen LogP contribution in [-0.2, 0) is 11.8 Å². The summed E-state index contributed by atoms with van der Waals surface area (Å²) in [7, 11) is 1.91. The fraction of sp³-hybridized carbons (Fsp3) is 0.150. The van der Waals surface area contributed by atoms with Crippen molar-refractivity contribution in [3.63, 3.8) is 0 Å². The van der Waals surface area contributed by atoms with Crippen molar-refractivity contribution >= 4 is 33.1 Å². The van der Waals surface area contributed by atoms with E-state index >= 15 is 0 Å². The number of aromatic nitrogens is 3. The highest BCUT2D eigenvalue weighted by Crippen LogP contribution is 2.39. The number of benzene rings is 1. The molecule has 0 bridgehead atoms. The lowest BCUT2D eigenvalue weighted by Crippen LogP contribution is -2.09. The van der Waals surface area contributed by atoms with Crippen molar-refractivity contribution in [3.05, 3.63) is 54.9 Å². The zero-order valence-corrected chi connectivity index (χ0v) is 16.1. The molecule has 142 valence electrons. The third-order valence-corrected chi connectivity index (χ3v) is 5.25. The summed E-state index contributed by atoms with van der Waals surface area (Å²) in [6.45, 7) is 1.73. The van der Waals surface area contributed by atoms with E-state index < -0.39 is 5.82 Å². The summed E-state index contributed by atoms with van der Waals surface area (Å²) in [5.74, 6) is -0.138. The van der Waals surface area contributed by atoms with Crippen molar-refractivity contribution in [2.24, 2.45) is 7.05 Å².